The zero-order valence-electron chi connectivity index (χ0n) is 14.0. The summed E-state index contributed by atoms with van der Waals surface area (Å²) in [7, 11) is -3.66. The fourth-order valence-electron chi connectivity index (χ4n) is 2.96. The van der Waals surface area contributed by atoms with Gasteiger partial charge in [0.1, 0.15) is 12.4 Å². The van der Waals surface area contributed by atoms with Crippen LogP contribution in [0.25, 0.3) is 0 Å². The lowest BCUT2D eigenvalue weighted by molar-refractivity contribution is 0.324. The van der Waals surface area contributed by atoms with Gasteiger partial charge in [-0.15, -0.1) is 0 Å². The smallest absolute Gasteiger partial charge is 0.238 e. The van der Waals surface area contributed by atoms with Crippen LogP contribution in [0.2, 0.25) is 0 Å². The average molecular weight is 346 g/mol. The predicted octanol–water partition coefficient (Wildman–Crippen LogP) is 2.39. The van der Waals surface area contributed by atoms with Crippen LogP contribution >= 0.6 is 0 Å². The summed E-state index contributed by atoms with van der Waals surface area (Å²) < 4.78 is 28.2. The van der Waals surface area contributed by atoms with Crippen molar-refractivity contribution in [3.8, 4) is 5.75 Å². The number of sulfonamides is 1. The number of nitrogens with zero attached hydrogens (tertiary/aromatic N) is 1. The SMILES string of the molecule is Cc1cc2c(cc1C)N(CCOc1ccc(S(N)(=O)=O)cc1)CC2. The maximum Gasteiger partial charge on any atom is 0.238 e. The summed E-state index contributed by atoms with van der Waals surface area (Å²) in [5.74, 6) is 0.641. The van der Waals surface area contributed by atoms with Gasteiger partial charge >= 0.3 is 0 Å². The Bertz CT molecular complexity index is 845. The van der Waals surface area contributed by atoms with E-state index in [0.29, 0.717) is 12.4 Å². The van der Waals surface area contributed by atoms with Crippen molar-refractivity contribution in [3.05, 3.63) is 53.1 Å². The van der Waals surface area contributed by atoms with Crippen molar-refractivity contribution in [2.24, 2.45) is 5.14 Å². The van der Waals surface area contributed by atoms with E-state index in [-0.39, 0.29) is 4.90 Å². The van der Waals surface area contributed by atoms with Gasteiger partial charge in [-0.1, -0.05) is 6.07 Å². The summed E-state index contributed by atoms with van der Waals surface area (Å²) in [6.45, 7) is 6.63. The molecule has 0 amide bonds. The fraction of sp³-hybridized carbons (Fsp3) is 0.333. The van der Waals surface area contributed by atoms with Gasteiger partial charge in [-0.3, -0.25) is 0 Å². The largest absolute Gasteiger partial charge is 0.492 e. The van der Waals surface area contributed by atoms with Gasteiger partial charge in [0, 0.05) is 12.2 Å². The van der Waals surface area contributed by atoms with Gasteiger partial charge in [0.25, 0.3) is 0 Å². The Morgan fingerprint density at radius 3 is 2.46 bits per heavy atom. The molecule has 0 bridgehead atoms. The van der Waals surface area contributed by atoms with E-state index in [1.165, 1.54) is 34.5 Å². The summed E-state index contributed by atoms with van der Waals surface area (Å²) in [6, 6.07) is 10.7. The summed E-state index contributed by atoms with van der Waals surface area (Å²) in [4.78, 5) is 2.43. The van der Waals surface area contributed by atoms with E-state index in [9.17, 15) is 8.42 Å². The summed E-state index contributed by atoms with van der Waals surface area (Å²) in [5, 5.41) is 5.08. The highest BCUT2D eigenvalue weighted by molar-refractivity contribution is 7.89. The Kier molecular flexibility index (Phi) is 4.51. The van der Waals surface area contributed by atoms with E-state index in [1.807, 2.05) is 0 Å². The van der Waals surface area contributed by atoms with Crippen LogP contribution in [-0.2, 0) is 16.4 Å². The monoisotopic (exact) mass is 346 g/mol. The van der Waals surface area contributed by atoms with E-state index >= 15 is 0 Å². The molecule has 5 nitrogen and oxygen atoms in total. The molecule has 0 spiro atoms. The number of benzene rings is 2. The van der Waals surface area contributed by atoms with E-state index in [0.717, 1.165) is 19.5 Å². The number of hydrogen-bond donors (Lipinski definition) is 1. The van der Waals surface area contributed by atoms with E-state index in [1.54, 1.807) is 12.1 Å². The molecule has 24 heavy (non-hydrogen) atoms. The lowest BCUT2D eigenvalue weighted by Crippen LogP contribution is -2.26. The minimum Gasteiger partial charge on any atom is -0.492 e. The highest BCUT2D eigenvalue weighted by atomic mass is 32.2. The van der Waals surface area contributed by atoms with E-state index in [2.05, 4.69) is 30.9 Å². The van der Waals surface area contributed by atoms with Gasteiger partial charge in [0.05, 0.1) is 11.4 Å². The highest BCUT2D eigenvalue weighted by Gasteiger charge is 2.19. The second kappa shape index (κ2) is 6.45. The lowest BCUT2D eigenvalue weighted by Gasteiger charge is -2.20. The molecule has 0 fully saturated rings. The first kappa shape index (κ1) is 16.8. The van der Waals surface area contributed by atoms with Crippen LogP contribution < -0.4 is 14.8 Å². The maximum atomic E-state index is 11.2. The first-order valence-corrected chi connectivity index (χ1v) is 9.50. The van der Waals surface area contributed by atoms with Crippen LogP contribution in [0.3, 0.4) is 0 Å². The standard InChI is InChI=1S/C18H22N2O3S/c1-13-11-15-7-8-20(18(15)12-14(13)2)9-10-23-16-3-5-17(6-4-16)24(19,21)22/h3-6,11-12H,7-10H2,1-2H3,(H2,19,21,22). The molecule has 0 radical (unpaired) electrons. The van der Waals surface area contributed by atoms with Crippen molar-refractivity contribution in [2.75, 3.05) is 24.6 Å². The molecule has 0 aromatic heterocycles. The molecule has 128 valence electrons. The summed E-state index contributed by atoms with van der Waals surface area (Å²) >= 11 is 0. The molecule has 0 saturated carbocycles. The maximum absolute atomic E-state index is 11.2. The van der Waals surface area contributed by atoms with Gasteiger partial charge in [-0.05, 0) is 67.3 Å². The Balaban J connectivity index is 1.60. The summed E-state index contributed by atoms with van der Waals surface area (Å²) in [6.07, 6.45) is 1.07. The first-order chi connectivity index (χ1) is 11.3. The van der Waals surface area contributed by atoms with Gasteiger partial charge in [-0.25, -0.2) is 13.6 Å². The molecule has 6 heteroatoms. The Labute approximate surface area is 143 Å². The zero-order valence-corrected chi connectivity index (χ0v) is 14.8. The average Bonchev–Trinajstić information content (AvgIpc) is 2.90. The van der Waals surface area contributed by atoms with Gasteiger partial charge in [0.2, 0.25) is 10.0 Å². The number of rotatable bonds is 5. The molecule has 0 unspecified atom stereocenters. The predicted molar refractivity (Wildman–Crippen MR) is 95.1 cm³/mol. The van der Waals surface area contributed by atoms with Gasteiger partial charge in [-0.2, -0.15) is 0 Å². The van der Waals surface area contributed by atoms with Crippen LogP contribution in [0.5, 0.6) is 5.75 Å². The summed E-state index contributed by atoms with van der Waals surface area (Å²) in [5.41, 5.74) is 5.34. The lowest BCUT2D eigenvalue weighted by atomic mass is 10.0. The molecule has 3 rings (SSSR count). The number of primary sulfonamides is 1. The second-order valence-corrected chi connectivity index (χ2v) is 7.73. The molecule has 0 atom stereocenters. The molecular weight excluding hydrogens is 324 g/mol. The van der Waals surface area contributed by atoms with Crippen molar-refractivity contribution >= 4 is 15.7 Å². The van der Waals surface area contributed by atoms with Crippen molar-refractivity contribution in [1.29, 1.82) is 0 Å². The molecule has 1 aliphatic rings. The Morgan fingerprint density at radius 2 is 1.79 bits per heavy atom. The van der Waals surface area contributed by atoms with Gasteiger partial charge in [0.15, 0.2) is 0 Å². The zero-order chi connectivity index (χ0) is 17.3. The molecule has 0 saturated heterocycles. The number of hydrogen-bond acceptors (Lipinski definition) is 4. The minimum absolute atomic E-state index is 0.0918. The third-order valence-corrected chi connectivity index (χ3v) is 5.40. The number of nitrogens with two attached hydrogens (primary N) is 1. The van der Waals surface area contributed by atoms with Gasteiger partial charge < -0.3 is 9.64 Å². The highest BCUT2D eigenvalue weighted by Crippen LogP contribution is 2.30. The molecule has 0 aliphatic carbocycles. The second-order valence-electron chi connectivity index (χ2n) is 6.17. The topological polar surface area (TPSA) is 72.6 Å². The third-order valence-electron chi connectivity index (χ3n) is 4.47. The number of ether oxygens (including phenoxy) is 1. The quantitative estimate of drug-likeness (QED) is 0.902. The van der Waals surface area contributed by atoms with Crippen LogP contribution in [0, 0.1) is 13.8 Å². The molecule has 2 aromatic rings. The number of aryl methyl sites for hydroxylation is 2. The van der Waals surface area contributed by atoms with Crippen molar-refractivity contribution in [1.82, 2.24) is 0 Å². The van der Waals surface area contributed by atoms with Crippen molar-refractivity contribution < 1.29 is 13.2 Å². The van der Waals surface area contributed by atoms with Crippen LogP contribution in [0.4, 0.5) is 5.69 Å². The number of fused-ring (bicyclic) bond motifs is 1. The molecule has 1 heterocycles. The van der Waals surface area contributed by atoms with Crippen LogP contribution in [-0.4, -0.2) is 28.1 Å². The van der Waals surface area contributed by atoms with Crippen LogP contribution in [0.1, 0.15) is 16.7 Å². The van der Waals surface area contributed by atoms with E-state index < -0.39 is 10.0 Å². The Hall–Kier alpha value is -2.05. The van der Waals surface area contributed by atoms with Crippen molar-refractivity contribution in [2.45, 2.75) is 25.2 Å². The molecular formula is C18H22N2O3S. The molecule has 2 N–H and O–H groups in total. The molecule has 1 aliphatic heterocycles. The van der Waals surface area contributed by atoms with Crippen molar-refractivity contribution in [3.63, 3.8) is 0 Å². The minimum atomic E-state index is -3.66. The fourth-order valence-corrected chi connectivity index (χ4v) is 3.48. The molecule has 2 aromatic carbocycles. The number of anilines is 1. The normalized spacial score (nSPS) is 13.9. The van der Waals surface area contributed by atoms with Crippen LogP contribution in [0.15, 0.2) is 41.3 Å². The van der Waals surface area contributed by atoms with E-state index in [4.69, 9.17) is 9.88 Å². The Morgan fingerprint density at radius 1 is 1.12 bits per heavy atom. The third kappa shape index (κ3) is 3.55. The first-order valence-electron chi connectivity index (χ1n) is 7.95.